The van der Waals surface area contributed by atoms with Crippen molar-refractivity contribution in [3.05, 3.63) is 30.5 Å². The Balaban J connectivity index is 1.79. The summed E-state index contributed by atoms with van der Waals surface area (Å²) in [5, 5.41) is 12.8. The Bertz CT molecular complexity index is 520. The summed E-state index contributed by atoms with van der Waals surface area (Å²) in [6, 6.07) is 7.99. The van der Waals surface area contributed by atoms with Gasteiger partial charge in [0.05, 0.1) is 22.8 Å². The molecule has 3 nitrogen and oxygen atoms in total. The van der Waals surface area contributed by atoms with Gasteiger partial charge in [0.2, 0.25) is 0 Å². The molecule has 1 aromatic heterocycles. The number of hydrogen-bond acceptors (Lipinski definition) is 3. The van der Waals surface area contributed by atoms with Crippen molar-refractivity contribution >= 4 is 28.2 Å². The number of nitrogens with one attached hydrogen (secondary N) is 1. The van der Waals surface area contributed by atoms with Gasteiger partial charge in [0.25, 0.3) is 0 Å². The molecule has 0 aliphatic heterocycles. The molecule has 1 N–H and O–H groups in total. The number of fused-ring (bicyclic) bond motifs is 1. The Hall–Kier alpha value is -1.35. The number of rotatable bonds is 4. The van der Waals surface area contributed by atoms with Crippen LogP contribution in [0.1, 0.15) is 12.8 Å². The summed E-state index contributed by atoms with van der Waals surface area (Å²) in [4.78, 5) is 0. The summed E-state index contributed by atoms with van der Waals surface area (Å²) in [6.07, 6.45) is 4.30. The smallest absolute Gasteiger partial charge is 0.0950 e. The quantitative estimate of drug-likeness (QED) is 0.844. The molecule has 1 unspecified atom stereocenters. The van der Waals surface area contributed by atoms with E-state index >= 15 is 0 Å². The SMILES string of the molecule is ClC(CNc1cnnc2ccccc12)C1CC1. The summed E-state index contributed by atoms with van der Waals surface area (Å²) in [7, 11) is 0. The van der Waals surface area contributed by atoms with Gasteiger partial charge >= 0.3 is 0 Å². The zero-order valence-corrected chi connectivity index (χ0v) is 10.2. The number of benzene rings is 1. The van der Waals surface area contributed by atoms with Gasteiger partial charge < -0.3 is 5.32 Å². The lowest BCUT2D eigenvalue weighted by atomic mass is 10.2. The van der Waals surface area contributed by atoms with Gasteiger partial charge in [0, 0.05) is 11.9 Å². The highest BCUT2D eigenvalue weighted by atomic mass is 35.5. The molecule has 1 atom stereocenters. The average molecular weight is 248 g/mol. The third kappa shape index (κ3) is 2.34. The third-order valence-corrected chi connectivity index (χ3v) is 3.68. The topological polar surface area (TPSA) is 37.8 Å². The van der Waals surface area contributed by atoms with Crippen molar-refractivity contribution < 1.29 is 0 Å². The van der Waals surface area contributed by atoms with Crippen molar-refractivity contribution in [3.63, 3.8) is 0 Å². The molecule has 1 fully saturated rings. The van der Waals surface area contributed by atoms with Gasteiger partial charge in [-0.1, -0.05) is 18.2 Å². The minimum absolute atomic E-state index is 0.224. The Morgan fingerprint density at radius 2 is 2.18 bits per heavy atom. The Labute approximate surface area is 105 Å². The number of aromatic nitrogens is 2. The molecule has 2 aromatic rings. The fourth-order valence-corrected chi connectivity index (χ4v) is 2.31. The second kappa shape index (κ2) is 4.49. The van der Waals surface area contributed by atoms with E-state index in [0.29, 0.717) is 5.92 Å². The summed E-state index contributed by atoms with van der Waals surface area (Å²) in [5.74, 6) is 0.699. The van der Waals surface area contributed by atoms with E-state index in [2.05, 4.69) is 15.5 Å². The first-order valence-electron chi connectivity index (χ1n) is 5.93. The maximum atomic E-state index is 6.28. The second-order valence-electron chi connectivity index (χ2n) is 4.51. The molecule has 0 bridgehead atoms. The molecule has 0 saturated heterocycles. The van der Waals surface area contributed by atoms with Crippen molar-refractivity contribution in [2.45, 2.75) is 18.2 Å². The molecule has 1 aliphatic rings. The van der Waals surface area contributed by atoms with Crippen LogP contribution in [-0.4, -0.2) is 22.1 Å². The van der Waals surface area contributed by atoms with Crippen molar-refractivity contribution in [3.8, 4) is 0 Å². The maximum absolute atomic E-state index is 6.28. The number of anilines is 1. The molecule has 4 heteroatoms. The van der Waals surface area contributed by atoms with E-state index in [1.54, 1.807) is 6.20 Å². The molecule has 0 radical (unpaired) electrons. The normalized spacial score (nSPS) is 17.0. The predicted molar refractivity (Wildman–Crippen MR) is 70.4 cm³/mol. The van der Waals surface area contributed by atoms with Crippen LogP contribution in [0.2, 0.25) is 0 Å². The van der Waals surface area contributed by atoms with Crippen molar-refractivity contribution in [1.29, 1.82) is 0 Å². The monoisotopic (exact) mass is 247 g/mol. The fourth-order valence-electron chi connectivity index (χ4n) is 1.98. The van der Waals surface area contributed by atoms with E-state index in [9.17, 15) is 0 Å². The minimum atomic E-state index is 0.224. The van der Waals surface area contributed by atoms with E-state index < -0.39 is 0 Å². The largest absolute Gasteiger partial charge is 0.382 e. The van der Waals surface area contributed by atoms with Gasteiger partial charge in [-0.2, -0.15) is 10.2 Å². The van der Waals surface area contributed by atoms with Gasteiger partial charge in [-0.25, -0.2) is 0 Å². The van der Waals surface area contributed by atoms with E-state index in [-0.39, 0.29) is 5.38 Å². The van der Waals surface area contributed by atoms with E-state index in [4.69, 9.17) is 11.6 Å². The molecule has 17 heavy (non-hydrogen) atoms. The number of nitrogens with zero attached hydrogens (tertiary/aromatic N) is 2. The molecule has 88 valence electrons. The van der Waals surface area contributed by atoms with Gasteiger partial charge in [0.15, 0.2) is 0 Å². The molecule has 0 amide bonds. The molecule has 3 rings (SSSR count). The summed E-state index contributed by atoms with van der Waals surface area (Å²) >= 11 is 6.28. The lowest BCUT2D eigenvalue weighted by Crippen LogP contribution is -2.16. The molecular weight excluding hydrogens is 234 g/mol. The Morgan fingerprint density at radius 3 is 3.00 bits per heavy atom. The molecular formula is C13H14ClN3. The van der Waals surface area contributed by atoms with Crippen LogP contribution in [-0.2, 0) is 0 Å². The van der Waals surface area contributed by atoms with Gasteiger partial charge in [-0.15, -0.1) is 11.6 Å². The van der Waals surface area contributed by atoms with Crippen LogP contribution in [0, 0.1) is 5.92 Å². The highest BCUT2D eigenvalue weighted by Gasteiger charge is 2.29. The first kappa shape index (κ1) is 10.8. The van der Waals surface area contributed by atoms with Gasteiger partial charge in [0.1, 0.15) is 0 Å². The standard InChI is InChI=1S/C13H14ClN3/c14-11(9-5-6-9)7-15-13-8-16-17-12-4-2-1-3-10(12)13/h1-4,8-9,11H,5-7H2,(H,15,17). The summed E-state index contributed by atoms with van der Waals surface area (Å²) in [6.45, 7) is 0.794. The lowest BCUT2D eigenvalue weighted by Gasteiger charge is -2.11. The highest BCUT2D eigenvalue weighted by Crippen LogP contribution is 2.35. The van der Waals surface area contributed by atoms with E-state index in [1.807, 2.05) is 24.3 Å². The second-order valence-corrected chi connectivity index (χ2v) is 5.07. The molecule has 1 saturated carbocycles. The Morgan fingerprint density at radius 1 is 1.35 bits per heavy atom. The number of alkyl halides is 1. The first-order chi connectivity index (χ1) is 8.34. The van der Waals surface area contributed by atoms with E-state index in [0.717, 1.165) is 23.1 Å². The van der Waals surface area contributed by atoms with Gasteiger partial charge in [-0.3, -0.25) is 0 Å². The van der Waals surface area contributed by atoms with Crippen LogP contribution in [0.3, 0.4) is 0 Å². The predicted octanol–water partition coefficient (Wildman–Crippen LogP) is 3.06. The van der Waals surface area contributed by atoms with Crippen molar-refractivity contribution in [1.82, 2.24) is 10.2 Å². The first-order valence-corrected chi connectivity index (χ1v) is 6.36. The molecule has 1 heterocycles. The zero-order valence-electron chi connectivity index (χ0n) is 9.44. The number of halogens is 1. The highest BCUT2D eigenvalue weighted by molar-refractivity contribution is 6.21. The van der Waals surface area contributed by atoms with Crippen LogP contribution in [0.15, 0.2) is 30.5 Å². The maximum Gasteiger partial charge on any atom is 0.0950 e. The zero-order chi connectivity index (χ0) is 11.7. The lowest BCUT2D eigenvalue weighted by molar-refractivity contribution is 0.770. The summed E-state index contributed by atoms with van der Waals surface area (Å²) < 4.78 is 0. The van der Waals surface area contributed by atoms with Crippen LogP contribution < -0.4 is 5.32 Å². The van der Waals surface area contributed by atoms with Crippen LogP contribution in [0.4, 0.5) is 5.69 Å². The fraction of sp³-hybridized carbons (Fsp3) is 0.385. The molecule has 1 aromatic carbocycles. The molecule has 0 spiro atoms. The van der Waals surface area contributed by atoms with E-state index in [1.165, 1.54) is 12.8 Å². The van der Waals surface area contributed by atoms with Crippen molar-refractivity contribution in [2.75, 3.05) is 11.9 Å². The van der Waals surface area contributed by atoms with Crippen molar-refractivity contribution in [2.24, 2.45) is 5.92 Å². The van der Waals surface area contributed by atoms with Crippen LogP contribution in [0.25, 0.3) is 10.9 Å². The van der Waals surface area contributed by atoms with Crippen LogP contribution >= 0.6 is 11.6 Å². The minimum Gasteiger partial charge on any atom is -0.382 e. The third-order valence-electron chi connectivity index (χ3n) is 3.17. The molecule has 1 aliphatic carbocycles. The number of hydrogen-bond donors (Lipinski definition) is 1. The summed E-state index contributed by atoms with van der Waals surface area (Å²) in [5.41, 5.74) is 1.93. The average Bonchev–Trinajstić information content (AvgIpc) is 3.20. The Kier molecular flexibility index (Phi) is 2.85. The van der Waals surface area contributed by atoms with Gasteiger partial charge in [-0.05, 0) is 24.8 Å². The van der Waals surface area contributed by atoms with Crippen LogP contribution in [0.5, 0.6) is 0 Å².